The van der Waals surface area contributed by atoms with Crippen molar-refractivity contribution in [1.82, 2.24) is 14.7 Å². The summed E-state index contributed by atoms with van der Waals surface area (Å²) in [6.07, 6.45) is 2.42. The van der Waals surface area contributed by atoms with E-state index in [1.165, 1.54) is 32.5 Å². The van der Waals surface area contributed by atoms with Crippen molar-refractivity contribution in [1.29, 1.82) is 0 Å². The molecule has 0 aromatic heterocycles. The molecular weight excluding hydrogens is 212 g/mol. The molecule has 0 spiro atoms. The standard InChI is InChI=1S/C13H30N4/c1-5-17-8-6-13(12-14,7-9-17)16(4)11-10-15(2)3/h5-12,14H2,1-4H3. The van der Waals surface area contributed by atoms with Crippen LogP contribution in [-0.4, -0.2) is 80.7 Å². The SMILES string of the molecule is CCN1CCC(CN)(N(C)CCN(C)C)CC1. The van der Waals surface area contributed by atoms with Crippen LogP contribution in [0.25, 0.3) is 0 Å². The maximum absolute atomic E-state index is 6.06. The molecule has 4 nitrogen and oxygen atoms in total. The fourth-order valence-corrected chi connectivity index (χ4v) is 2.61. The fourth-order valence-electron chi connectivity index (χ4n) is 2.61. The molecule has 1 rings (SSSR count). The quantitative estimate of drug-likeness (QED) is 0.726. The second-order valence-electron chi connectivity index (χ2n) is 5.59. The van der Waals surface area contributed by atoms with Gasteiger partial charge in [-0.25, -0.2) is 0 Å². The lowest BCUT2D eigenvalue weighted by molar-refractivity contribution is 0.0434. The van der Waals surface area contributed by atoms with Crippen LogP contribution < -0.4 is 5.73 Å². The average Bonchev–Trinajstić information content (AvgIpc) is 2.35. The summed E-state index contributed by atoms with van der Waals surface area (Å²) >= 11 is 0. The van der Waals surface area contributed by atoms with Gasteiger partial charge in [-0.15, -0.1) is 0 Å². The van der Waals surface area contributed by atoms with Crippen LogP contribution in [0.1, 0.15) is 19.8 Å². The molecule has 17 heavy (non-hydrogen) atoms. The number of nitrogens with zero attached hydrogens (tertiary/aromatic N) is 3. The maximum atomic E-state index is 6.06. The number of hydrogen-bond donors (Lipinski definition) is 1. The van der Waals surface area contributed by atoms with Gasteiger partial charge in [0.05, 0.1) is 0 Å². The van der Waals surface area contributed by atoms with Crippen LogP contribution in [0, 0.1) is 0 Å². The van der Waals surface area contributed by atoms with Crippen LogP contribution in [-0.2, 0) is 0 Å². The summed E-state index contributed by atoms with van der Waals surface area (Å²) in [6, 6.07) is 0. The minimum atomic E-state index is 0.238. The Labute approximate surface area is 107 Å². The van der Waals surface area contributed by atoms with Gasteiger partial charge in [-0.1, -0.05) is 6.92 Å². The molecule has 0 amide bonds. The van der Waals surface area contributed by atoms with Gasteiger partial charge in [0, 0.05) is 25.2 Å². The molecule has 1 aliphatic rings. The molecule has 1 saturated heterocycles. The Bertz CT molecular complexity index is 209. The van der Waals surface area contributed by atoms with Gasteiger partial charge >= 0.3 is 0 Å². The van der Waals surface area contributed by atoms with Crippen LogP contribution >= 0.6 is 0 Å². The zero-order valence-corrected chi connectivity index (χ0v) is 12.1. The molecule has 0 aromatic carbocycles. The second kappa shape index (κ2) is 6.69. The molecule has 0 atom stereocenters. The first kappa shape index (κ1) is 14.9. The third-order valence-electron chi connectivity index (χ3n) is 4.31. The van der Waals surface area contributed by atoms with Crippen molar-refractivity contribution in [3.8, 4) is 0 Å². The molecule has 0 aliphatic carbocycles. The van der Waals surface area contributed by atoms with E-state index < -0.39 is 0 Å². The smallest absolute Gasteiger partial charge is 0.0353 e. The first-order valence-corrected chi connectivity index (χ1v) is 6.82. The largest absolute Gasteiger partial charge is 0.329 e. The van der Waals surface area contributed by atoms with E-state index in [4.69, 9.17) is 5.73 Å². The molecule has 0 radical (unpaired) electrons. The van der Waals surface area contributed by atoms with Crippen LogP contribution in [0.4, 0.5) is 0 Å². The highest BCUT2D eigenvalue weighted by Gasteiger charge is 2.36. The maximum Gasteiger partial charge on any atom is 0.0353 e. The number of likely N-dealkylation sites (N-methyl/N-ethyl adjacent to an activating group) is 2. The summed E-state index contributed by atoms with van der Waals surface area (Å²) in [5.41, 5.74) is 6.30. The molecule has 1 aliphatic heterocycles. The van der Waals surface area contributed by atoms with Gasteiger partial charge in [0.15, 0.2) is 0 Å². The van der Waals surface area contributed by atoms with E-state index in [2.05, 4.69) is 42.8 Å². The highest BCUT2D eigenvalue weighted by molar-refractivity contribution is 4.95. The van der Waals surface area contributed by atoms with Gasteiger partial charge in [-0.3, -0.25) is 4.90 Å². The average molecular weight is 242 g/mol. The molecule has 4 heteroatoms. The number of likely N-dealkylation sites (tertiary alicyclic amines) is 1. The molecule has 1 fully saturated rings. The van der Waals surface area contributed by atoms with Gasteiger partial charge in [-0.05, 0) is 53.6 Å². The lowest BCUT2D eigenvalue weighted by Crippen LogP contribution is -2.59. The molecular formula is C13H30N4. The molecule has 0 unspecified atom stereocenters. The number of piperidine rings is 1. The Morgan fingerprint density at radius 2 is 1.71 bits per heavy atom. The zero-order chi connectivity index (χ0) is 12.9. The van der Waals surface area contributed by atoms with Gasteiger partial charge in [0.1, 0.15) is 0 Å². The number of rotatable bonds is 6. The Morgan fingerprint density at radius 1 is 1.12 bits per heavy atom. The summed E-state index contributed by atoms with van der Waals surface area (Å²) in [7, 11) is 6.49. The lowest BCUT2D eigenvalue weighted by Gasteiger charge is -2.47. The Balaban J connectivity index is 2.51. The lowest BCUT2D eigenvalue weighted by atomic mass is 9.86. The first-order valence-electron chi connectivity index (χ1n) is 6.82. The van der Waals surface area contributed by atoms with Gasteiger partial charge in [0.25, 0.3) is 0 Å². The van der Waals surface area contributed by atoms with Crippen molar-refractivity contribution < 1.29 is 0 Å². The fraction of sp³-hybridized carbons (Fsp3) is 1.00. The van der Waals surface area contributed by atoms with Crippen molar-refractivity contribution in [2.24, 2.45) is 5.73 Å². The first-order chi connectivity index (χ1) is 8.04. The topological polar surface area (TPSA) is 35.7 Å². The zero-order valence-electron chi connectivity index (χ0n) is 12.1. The summed E-state index contributed by atoms with van der Waals surface area (Å²) < 4.78 is 0. The van der Waals surface area contributed by atoms with E-state index in [9.17, 15) is 0 Å². The van der Waals surface area contributed by atoms with E-state index in [0.717, 1.165) is 19.6 Å². The van der Waals surface area contributed by atoms with Crippen molar-refractivity contribution in [3.05, 3.63) is 0 Å². The van der Waals surface area contributed by atoms with E-state index in [0.29, 0.717) is 0 Å². The molecule has 0 aromatic rings. The summed E-state index contributed by atoms with van der Waals surface area (Å²) in [5.74, 6) is 0. The molecule has 0 bridgehead atoms. The van der Waals surface area contributed by atoms with Crippen LogP contribution in [0.3, 0.4) is 0 Å². The van der Waals surface area contributed by atoms with E-state index >= 15 is 0 Å². The van der Waals surface area contributed by atoms with E-state index in [-0.39, 0.29) is 5.54 Å². The summed E-state index contributed by atoms with van der Waals surface area (Å²) in [5, 5.41) is 0. The third-order valence-corrected chi connectivity index (χ3v) is 4.31. The van der Waals surface area contributed by atoms with Crippen molar-refractivity contribution >= 4 is 0 Å². The highest BCUT2D eigenvalue weighted by atomic mass is 15.2. The second-order valence-corrected chi connectivity index (χ2v) is 5.59. The molecule has 2 N–H and O–H groups in total. The number of hydrogen-bond acceptors (Lipinski definition) is 4. The van der Waals surface area contributed by atoms with Crippen LogP contribution in [0.15, 0.2) is 0 Å². The third kappa shape index (κ3) is 3.91. The van der Waals surface area contributed by atoms with Gasteiger partial charge in [-0.2, -0.15) is 0 Å². The predicted octanol–water partition coefficient (Wildman–Crippen LogP) is 0.293. The Morgan fingerprint density at radius 3 is 2.12 bits per heavy atom. The van der Waals surface area contributed by atoms with Crippen molar-refractivity contribution in [2.45, 2.75) is 25.3 Å². The van der Waals surface area contributed by atoms with Gasteiger partial charge < -0.3 is 15.5 Å². The minimum Gasteiger partial charge on any atom is -0.329 e. The summed E-state index contributed by atoms with van der Waals surface area (Å²) in [4.78, 5) is 7.25. The van der Waals surface area contributed by atoms with Crippen molar-refractivity contribution in [2.75, 3.05) is 60.4 Å². The van der Waals surface area contributed by atoms with E-state index in [1.807, 2.05) is 0 Å². The van der Waals surface area contributed by atoms with Crippen LogP contribution in [0.5, 0.6) is 0 Å². The normalized spacial score (nSPS) is 21.4. The molecule has 102 valence electrons. The Kier molecular flexibility index (Phi) is 5.86. The highest BCUT2D eigenvalue weighted by Crippen LogP contribution is 2.26. The van der Waals surface area contributed by atoms with E-state index in [1.54, 1.807) is 0 Å². The molecule has 1 heterocycles. The minimum absolute atomic E-state index is 0.238. The predicted molar refractivity (Wildman–Crippen MR) is 74.3 cm³/mol. The number of nitrogens with two attached hydrogens (primary N) is 1. The summed E-state index contributed by atoms with van der Waals surface area (Å²) in [6.45, 7) is 8.80. The monoisotopic (exact) mass is 242 g/mol. The Hall–Kier alpha value is -0.160. The molecule has 0 saturated carbocycles. The van der Waals surface area contributed by atoms with Gasteiger partial charge in [0.2, 0.25) is 0 Å². The van der Waals surface area contributed by atoms with Crippen molar-refractivity contribution in [3.63, 3.8) is 0 Å². The van der Waals surface area contributed by atoms with Crippen LogP contribution in [0.2, 0.25) is 0 Å².